The maximum atomic E-state index is 12.7. The Labute approximate surface area is 218 Å². The van der Waals surface area contributed by atoms with Gasteiger partial charge in [-0.3, -0.25) is 9.59 Å². The highest BCUT2D eigenvalue weighted by Crippen LogP contribution is 2.78. The molecular formula is C30H40O7. The van der Waals surface area contributed by atoms with Gasteiger partial charge in [0.1, 0.15) is 23.9 Å². The second-order valence-electron chi connectivity index (χ2n) is 12.9. The predicted octanol–water partition coefficient (Wildman–Crippen LogP) is 5.15. The molecule has 4 aliphatic carbocycles. The summed E-state index contributed by atoms with van der Waals surface area (Å²) in [4.78, 5) is 36.1. The van der Waals surface area contributed by atoms with Crippen molar-refractivity contribution < 1.29 is 28.2 Å². The van der Waals surface area contributed by atoms with Gasteiger partial charge in [0.25, 0.3) is 0 Å². The third kappa shape index (κ3) is 3.59. The molecule has 5 fully saturated rings. The number of hydrogen-bond donors (Lipinski definition) is 0. The van der Waals surface area contributed by atoms with E-state index in [1.165, 1.54) is 13.0 Å². The van der Waals surface area contributed by atoms with E-state index >= 15 is 0 Å². The monoisotopic (exact) mass is 512 g/mol. The van der Waals surface area contributed by atoms with E-state index in [4.69, 9.17) is 18.6 Å². The molecule has 1 aromatic heterocycles. The lowest BCUT2D eigenvalue weighted by molar-refractivity contribution is -0.167. The van der Waals surface area contributed by atoms with Crippen LogP contribution in [0.2, 0.25) is 0 Å². The van der Waals surface area contributed by atoms with Crippen molar-refractivity contribution in [1.82, 2.24) is 0 Å². The molecule has 202 valence electrons. The Morgan fingerprint density at radius 1 is 1.05 bits per heavy atom. The minimum absolute atomic E-state index is 0.0371. The van der Waals surface area contributed by atoms with Crippen LogP contribution in [-0.2, 0) is 23.8 Å². The molecule has 7 nitrogen and oxygen atoms in total. The highest BCUT2D eigenvalue weighted by Gasteiger charge is 2.84. The molecule has 37 heavy (non-hydrogen) atoms. The summed E-state index contributed by atoms with van der Waals surface area (Å²) in [7, 11) is 0. The molecule has 2 heterocycles. The number of hydrogen-bond acceptors (Lipinski definition) is 7. The van der Waals surface area contributed by atoms with Gasteiger partial charge in [-0.1, -0.05) is 20.8 Å². The summed E-state index contributed by atoms with van der Waals surface area (Å²) < 4.78 is 23.9. The molecule has 1 spiro atoms. The zero-order valence-electron chi connectivity index (χ0n) is 22.5. The number of carbonyl (C=O) groups is 2. The molecule has 10 atom stereocenters. The van der Waals surface area contributed by atoms with Crippen molar-refractivity contribution in [2.45, 2.75) is 115 Å². The Kier molecular flexibility index (Phi) is 5.90. The maximum Gasteiger partial charge on any atom is 0.335 e. The number of fused-ring (bicyclic) bond motifs is 3. The largest absolute Gasteiger partial charge is 0.463 e. The van der Waals surface area contributed by atoms with Crippen LogP contribution < -0.4 is 5.63 Å². The van der Waals surface area contributed by atoms with Gasteiger partial charge in [0, 0.05) is 30.7 Å². The zero-order chi connectivity index (χ0) is 26.2. The molecule has 0 aromatic carbocycles. The van der Waals surface area contributed by atoms with Crippen LogP contribution in [0, 0.1) is 28.6 Å². The lowest BCUT2D eigenvalue weighted by Crippen LogP contribution is -2.58. The van der Waals surface area contributed by atoms with Crippen molar-refractivity contribution >= 4 is 11.9 Å². The van der Waals surface area contributed by atoms with Crippen LogP contribution >= 0.6 is 0 Å². The van der Waals surface area contributed by atoms with Crippen molar-refractivity contribution in [3.63, 3.8) is 0 Å². The Morgan fingerprint density at radius 2 is 1.86 bits per heavy atom. The summed E-state index contributed by atoms with van der Waals surface area (Å²) in [6.07, 6.45) is 9.45. The van der Waals surface area contributed by atoms with Gasteiger partial charge < -0.3 is 18.6 Å². The Balaban J connectivity index is 1.33. The first-order valence-corrected chi connectivity index (χ1v) is 14.3. The second-order valence-corrected chi connectivity index (χ2v) is 12.9. The van der Waals surface area contributed by atoms with Gasteiger partial charge in [-0.05, 0) is 86.2 Å². The number of rotatable bonds is 5. The van der Waals surface area contributed by atoms with Crippen molar-refractivity contribution in [2.24, 2.45) is 28.6 Å². The van der Waals surface area contributed by atoms with E-state index in [0.29, 0.717) is 24.2 Å². The Morgan fingerprint density at radius 3 is 2.57 bits per heavy atom. The molecule has 1 aliphatic heterocycles. The minimum atomic E-state index is -0.374. The van der Waals surface area contributed by atoms with Gasteiger partial charge in [0.05, 0.1) is 6.26 Å². The van der Waals surface area contributed by atoms with Gasteiger partial charge in [-0.25, -0.2) is 4.79 Å². The molecule has 1 aromatic rings. The van der Waals surface area contributed by atoms with E-state index < -0.39 is 0 Å². The number of epoxide rings is 1. The summed E-state index contributed by atoms with van der Waals surface area (Å²) in [5, 5.41) is 0. The summed E-state index contributed by atoms with van der Waals surface area (Å²) in [6, 6.07) is 3.32. The van der Waals surface area contributed by atoms with E-state index in [2.05, 4.69) is 13.8 Å². The van der Waals surface area contributed by atoms with E-state index in [0.717, 1.165) is 56.9 Å². The highest BCUT2D eigenvalue weighted by molar-refractivity contribution is 5.70. The Bertz CT molecular complexity index is 1120. The van der Waals surface area contributed by atoms with Gasteiger partial charge in [-0.15, -0.1) is 0 Å². The van der Waals surface area contributed by atoms with E-state index in [9.17, 15) is 14.4 Å². The lowest BCUT2D eigenvalue weighted by atomic mass is 9.44. The Hall–Kier alpha value is -2.15. The molecule has 5 aliphatic rings. The fourth-order valence-corrected chi connectivity index (χ4v) is 9.65. The molecule has 0 radical (unpaired) electrons. The number of carbonyl (C=O) groups excluding carboxylic acids is 2. The normalized spacial score (nSPS) is 45.6. The van der Waals surface area contributed by atoms with Gasteiger partial charge in [-0.2, -0.15) is 0 Å². The third-order valence-corrected chi connectivity index (χ3v) is 11.2. The highest BCUT2D eigenvalue weighted by atomic mass is 16.7. The van der Waals surface area contributed by atoms with Crippen LogP contribution in [-0.4, -0.2) is 35.9 Å². The molecule has 1 saturated heterocycles. The van der Waals surface area contributed by atoms with Crippen LogP contribution in [0.4, 0.5) is 0 Å². The standard InChI is InChI=1S/C30H40O7/c1-5-6-24(33)36-26-25(18-7-10-23(32)34-16-18)29(4)14-12-21-22(30(29)27(26)37-30)9-8-19-15-20(35-17(2)31)11-13-28(19,21)3/h7,10,16,19-22,25-27H,5-6,8-9,11-15H2,1-4H3/t19-,20+,21+,22-,25+,26-,27-,28+,29-,30-/m1/s1. The van der Waals surface area contributed by atoms with Crippen LogP contribution in [0.15, 0.2) is 27.6 Å². The molecular weight excluding hydrogens is 472 g/mol. The van der Waals surface area contributed by atoms with Crippen molar-refractivity contribution in [3.8, 4) is 0 Å². The molecule has 6 rings (SSSR count). The first kappa shape index (κ1) is 25.1. The zero-order valence-corrected chi connectivity index (χ0v) is 22.5. The maximum absolute atomic E-state index is 12.7. The first-order chi connectivity index (χ1) is 17.6. The quantitative estimate of drug-likeness (QED) is 0.398. The van der Waals surface area contributed by atoms with Crippen LogP contribution in [0.3, 0.4) is 0 Å². The third-order valence-electron chi connectivity index (χ3n) is 11.2. The number of esters is 2. The molecule has 0 bridgehead atoms. The minimum Gasteiger partial charge on any atom is -0.463 e. The van der Waals surface area contributed by atoms with E-state index in [1.807, 2.05) is 13.0 Å². The molecule has 0 N–H and O–H groups in total. The predicted molar refractivity (Wildman–Crippen MR) is 135 cm³/mol. The van der Waals surface area contributed by atoms with Crippen molar-refractivity contribution in [1.29, 1.82) is 0 Å². The second kappa shape index (κ2) is 8.69. The van der Waals surface area contributed by atoms with Gasteiger partial charge in [0.2, 0.25) is 0 Å². The number of ether oxygens (including phenoxy) is 3. The SMILES string of the molecule is CCCC(=O)O[C@H]1[C@H]2O[C@]23[C@@H]2CC[C@@H]4C[C@@H](OC(C)=O)CC[C@]4(C)[C@H]2CC[C@]3(C)[C@H]1c1ccc(=O)oc1. The fourth-order valence-electron chi connectivity index (χ4n) is 9.65. The molecule has 7 heteroatoms. The van der Waals surface area contributed by atoms with Crippen LogP contribution in [0.25, 0.3) is 0 Å². The summed E-state index contributed by atoms with van der Waals surface area (Å²) in [5.41, 5.74) is 0.203. The summed E-state index contributed by atoms with van der Waals surface area (Å²) >= 11 is 0. The average molecular weight is 513 g/mol. The van der Waals surface area contributed by atoms with Gasteiger partial charge >= 0.3 is 17.6 Å². The first-order valence-electron chi connectivity index (χ1n) is 14.3. The van der Waals surface area contributed by atoms with Crippen LogP contribution in [0.5, 0.6) is 0 Å². The van der Waals surface area contributed by atoms with Crippen LogP contribution in [0.1, 0.15) is 97.0 Å². The van der Waals surface area contributed by atoms with Gasteiger partial charge in [0.15, 0.2) is 0 Å². The van der Waals surface area contributed by atoms with Crippen molar-refractivity contribution in [3.05, 3.63) is 34.4 Å². The topological polar surface area (TPSA) is 95.3 Å². The van der Waals surface area contributed by atoms with E-state index in [1.54, 1.807) is 6.26 Å². The molecule has 0 amide bonds. The van der Waals surface area contributed by atoms with E-state index in [-0.39, 0.29) is 58.2 Å². The van der Waals surface area contributed by atoms with Crippen molar-refractivity contribution in [2.75, 3.05) is 0 Å². The molecule has 0 unspecified atom stereocenters. The lowest BCUT2D eigenvalue weighted by Gasteiger charge is -2.61. The smallest absolute Gasteiger partial charge is 0.335 e. The molecule has 4 saturated carbocycles. The summed E-state index contributed by atoms with van der Waals surface area (Å²) in [5.74, 6) is 1.05. The summed E-state index contributed by atoms with van der Waals surface area (Å²) in [6.45, 7) is 8.27. The average Bonchev–Trinajstić information content (AvgIpc) is 3.55. The fraction of sp³-hybridized carbons (Fsp3) is 0.767.